The molecule has 2 heterocycles. The van der Waals surface area contributed by atoms with E-state index in [-0.39, 0.29) is 11.1 Å². The molecule has 2 aliphatic rings. The molecule has 37 heavy (non-hydrogen) atoms. The van der Waals surface area contributed by atoms with Crippen LogP contribution in [0.15, 0.2) is 84.7 Å². The van der Waals surface area contributed by atoms with E-state index in [9.17, 15) is 5.11 Å². The van der Waals surface area contributed by atoms with Crippen molar-refractivity contribution < 1.29 is 23.7 Å². The minimum absolute atomic E-state index is 0.136. The first-order valence-electron chi connectivity index (χ1n) is 13.4. The van der Waals surface area contributed by atoms with Gasteiger partial charge in [0, 0.05) is 0 Å². The molecule has 3 unspecified atom stereocenters. The predicted molar refractivity (Wildman–Crippen MR) is 150 cm³/mol. The zero-order valence-corrected chi connectivity index (χ0v) is 23.9. The lowest BCUT2D eigenvalue weighted by atomic mass is 10.0. The number of hydrogen-bond donors (Lipinski definition) is 1. The largest absolute Gasteiger partial charge is 0.497 e. The van der Waals surface area contributed by atoms with E-state index in [4.69, 9.17) is 18.6 Å². The number of rotatable bonds is 10. The van der Waals surface area contributed by atoms with E-state index in [0.29, 0.717) is 19.6 Å². The van der Waals surface area contributed by atoms with E-state index in [1.165, 1.54) is 15.9 Å². The van der Waals surface area contributed by atoms with Crippen LogP contribution in [0, 0.1) is 0 Å². The van der Waals surface area contributed by atoms with E-state index in [1.54, 1.807) is 6.26 Å². The van der Waals surface area contributed by atoms with Gasteiger partial charge in [-0.2, -0.15) is 0 Å². The van der Waals surface area contributed by atoms with Crippen LogP contribution in [-0.4, -0.2) is 50.7 Å². The molecule has 0 radical (unpaired) electrons. The number of aliphatic hydroxyl groups excluding tert-OH is 1. The van der Waals surface area contributed by atoms with Crippen LogP contribution in [-0.2, 0) is 18.6 Å². The highest BCUT2D eigenvalue weighted by Crippen LogP contribution is 2.38. The number of ether oxygens (including phenoxy) is 3. The minimum Gasteiger partial charge on any atom is -0.497 e. The normalized spacial score (nSPS) is 22.4. The van der Waals surface area contributed by atoms with Crippen molar-refractivity contribution in [3.8, 4) is 0 Å². The summed E-state index contributed by atoms with van der Waals surface area (Å²) in [5.74, 6) is -0.782. The maximum absolute atomic E-state index is 11.2. The molecule has 1 saturated heterocycles. The second-order valence-electron chi connectivity index (χ2n) is 11.5. The van der Waals surface area contributed by atoms with E-state index < -0.39 is 26.3 Å². The van der Waals surface area contributed by atoms with E-state index in [1.807, 2.05) is 32.1 Å². The van der Waals surface area contributed by atoms with Gasteiger partial charge in [0.1, 0.15) is 18.8 Å². The Balaban J connectivity index is 1.54. The summed E-state index contributed by atoms with van der Waals surface area (Å²) in [6, 6.07) is 21.2. The van der Waals surface area contributed by atoms with Gasteiger partial charge < -0.3 is 23.7 Å². The van der Waals surface area contributed by atoms with E-state index in [0.717, 1.165) is 12.8 Å². The van der Waals surface area contributed by atoms with Gasteiger partial charge in [-0.25, -0.2) is 0 Å². The highest BCUT2D eigenvalue weighted by Gasteiger charge is 2.52. The Morgan fingerprint density at radius 1 is 1.00 bits per heavy atom. The van der Waals surface area contributed by atoms with Crippen LogP contribution in [0.5, 0.6) is 0 Å². The van der Waals surface area contributed by atoms with Crippen LogP contribution < -0.4 is 10.4 Å². The van der Waals surface area contributed by atoms with Crippen molar-refractivity contribution in [2.75, 3.05) is 13.2 Å². The molecule has 0 bridgehead atoms. The Labute approximate surface area is 223 Å². The fourth-order valence-electron chi connectivity index (χ4n) is 5.58. The van der Waals surface area contributed by atoms with E-state index >= 15 is 0 Å². The maximum atomic E-state index is 11.2. The van der Waals surface area contributed by atoms with Crippen LogP contribution in [0.3, 0.4) is 0 Å². The molecule has 1 N–H and O–H groups in total. The number of allylic oxidation sites excluding steroid dienone is 2. The minimum atomic E-state index is -2.72. The number of hydrogen-bond acceptors (Lipinski definition) is 5. The van der Waals surface area contributed by atoms with Crippen LogP contribution in [0.25, 0.3) is 0 Å². The fourth-order valence-corrected chi connectivity index (χ4v) is 10.1. The van der Waals surface area contributed by atoms with Crippen molar-refractivity contribution in [1.29, 1.82) is 0 Å². The van der Waals surface area contributed by atoms with Crippen LogP contribution in [0.1, 0.15) is 53.9 Å². The second kappa shape index (κ2) is 11.7. The first-order valence-corrected chi connectivity index (χ1v) is 15.3. The van der Waals surface area contributed by atoms with Crippen molar-refractivity contribution in [2.45, 2.75) is 83.0 Å². The molecule has 0 spiro atoms. The molecular formula is C31H42O5Si. The first kappa shape index (κ1) is 27.8. The Kier molecular flexibility index (Phi) is 8.76. The van der Waals surface area contributed by atoms with Crippen molar-refractivity contribution in [3.63, 3.8) is 0 Å². The molecule has 2 aromatic carbocycles. The second-order valence-corrected chi connectivity index (χ2v) is 15.8. The Morgan fingerprint density at radius 2 is 1.62 bits per heavy atom. The summed E-state index contributed by atoms with van der Waals surface area (Å²) in [6.45, 7) is 11.6. The summed E-state index contributed by atoms with van der Waals surface area (Å²) in [6.07, 6.45) is 6.63. The lowest BCUT2D eigenvalue weighted by molar-refractivity contribution is -0.156. The molecule has 0 saturated carbocycles. The molecule has 0 amide bonds. The summed E-state index contributed by atoms with van der Waals surface area (Å²) in [5, 5.41) is 13.5. The highest BCUT2D eigenvalue weighted by atomic mass is 28.4. The molecule has 2 aliphatic heterocycles. The summed E-state index contributed by atoms with van der Waals surface area (Å²) in [4.78, 5) is 0. The summed E-state index contributed by atoms with van der Waals surface area (Å²) >= 11 is 0. The van der Waals surface area contributed by atoms with Crippen molar-refractivity contribution >= 4 is 18.7 Å². The first-order chi connectivity index (χ1) is 17.6. The van der Waals surface area contributed by atoms with Gasteiger partial charge in [0.2, 0.25) is 0 Å². The third-order valence-corrected chi connectivity index (χ3v) is 12.3. The molecule has 0 aromatic heterocycles. The molecule has 5 nitrogen and oxygen atoms in total. The van der Waals surface area contributed by atoms with Gasteiger partial charge in [0.15, 0.2) is 5.79 Å². The molecule has 1 fully saturated rings. The van der Waals surface area contributed by atoms with Gasteiger partial charge in [-0.05, 0) is 60.2 Å². The topological polar surface area (TPSA) is 57.2 Å². The van der Waals surface area contributed by atoms with Crippen molar-refractivity contribution in [3.05, 3.63) is 84.7 Å². The van der Waals surface area contributed by atoms with Crippen LogP contribution in [0.4, 0.5) is 0 Å². The zero-order valence-electron chi connectivity index (χ0n) is 22.9. The van der Waals surface area contributed by atoms with Gasteiger partial charge in [-0.1, -0.05) is 87.5 Å². The Bertz CT molecular complexity index is 1020. The SMILES string of the molecule is CC1(C)OC(CO[Si](c2ccccc2)(c2ccccc2)C(C)(C)C)C(C(O)CCCC2=CC=COC2)O1. The monoisotopic (exact) mass is 522 g/mol. The molecule has 2 aromatic rings. The third-order valence-electron chi connectivity index (χ3n) is 7.25. The van der Waals surface area contributed by atoms with Crippen LogP contribution >= 0.6 is 0 Å². The average molecular weight is 523 g/mol. The molecule has 0 aliphatic carbocycles. The lowest BCUT2D eigenvalue weighted by Gasteiger charge is -2.43. The van der Waals surface area contributed by atoms with Gasteiger partial charge in [0.25, 0.3) is 8.32 Å². The number of benzene rings is 2. The standard InChI is InChI=1S/C31H42O5Si/c1-30(2,3)37(25-16-8-6-9-17-25,26-18-10-7-11-19-26)34-23-28-29(36-31(4,5)35-28)27(32)20-12-14-24-15-13-21-33-22-24/h6-11,13,15-19,21,27-29,32H,12,14,20,22-23H2,1-5H3. The lowest BCUT2D eigenvalue weighted by Crippen LogP contribution is -2.67. The Morgan fingerprint density at radius 3 is 2.16 bits per heavy atom. The van der Waals surface area contributed by atoms with Gasteiger partial charge in [-0.3, -0.25) is 0 Å². The fraction of sp³-hybridized carbons (Fsp3) is 0.484. The molecular weight excluding hydrogens is 480 g/mol. The summed E-state index contributed by atoms with van der Waals surface area (Å²) < 4.78 is 25.1. The maximum Gasteiger partial charge on any atom is 0.261 e. The van der Waals surface area contributed by atoms with Crippen molar-refractivity contribution in [1.82, 2.24) is 0 Å². The summed E-state index contributed by atoms with van der Waals surface area (Å²) in [5.41, 5.74) is 1.24. The van der Waals surface area contributed by atoms with Crippen molar-refractivity contribution in [2.24, 2.45) is 0 Å². The van der Waals surface area contributed by atoms with Gasteiger partial charge in [0.05, 0.1) is 19.0 Å². The quantitative estimate of drug-likeness (QED) is 0.441. The molecule has 200 valence electrons. The molecule has 4 rings (SSSR count). The molecule has 3 atom stereocenters. The summed E-state index contributed by atoms with van der Waals surface area (Å²) in [7, 11) is -2.72. The molecule has 6 heteroatoms. The zero-order chi connectivity index (χ0) is 26.5. The van der Waals surface area contributed by atoms with Crippen LogP contribution in [0.2, 0.25) is 5.04 Å². The van der Waals surface area contributed by atoms with E-state index in [2.05, 4.69) is 75.4 Å². The highest BCUT2D eigenvalue weighted by molar-refractivity contribution is 6.99. The number of aliphatic hydroxyl groups is 1. The van der Waals surface area contributed by atoms with Gasteiger partial charge in [-0.15, -0.1) is 0 Å². The third kappa shape index (κ3) is 6.44. The smallest absolute Gasteiger partial charge is 0.261 e. The average Bonchev–Trinajstić information content (AvgIpc) is 3.20. The predicted octanol–water partition coefficient (Wildman–Crippen LogP) is 5.08. The Hall–Kier alpha value is -2.22. The van der Waals surface area contributed by atoms with Gasteiger partial charge >= 0.3 is 0 Å².